The SMILES string of the molecule is CCC(C)CC(CCCC(C)C)NC. The van der Waals surface area contributed by atoms with E-state index >= 15 is 0 Å². The van der Waals surface area contributed by atoms with Crippen LogP contribution >= 0.6 is 0 Å². The molecule has 0 fully saturated rings. The summed E-state index contributed by atoms with van der Waals surface area (Å²) < 4.78 is 0. The molecule has 0 spiro atoms. The van der Waals surface area contributed by atoms with E-state index in [9.17, 15) is 0 Å². The summed E-state index contributed by atoms with van der Waals surface area (Å²) in [5, 5.41) is 3.44. The Labute approximate surface area is 90.7 Å². The molecule has 0 aliphatic carbocycles. The zero-order valence-corrected chi connectivity index (χ0v) is 10.8. The van der Waals surface area contributed by atoms with Crippen LogP contribution in [0.1, 0.15) is 59.8 Å². The lowest BCUT2D eigenvalue weighted by atomic mass is 9.94. The van der Waals surface area contributed by atoms with Crippen LogP contribution in [0, 0.1) is 11.8 Å². The third-order valence-electron chi connectivity index (χ3n) is 3.13. The van der Waals surface area contributed by atoms with E-state index in [0.717, 1.165) is 17.9 Å². The van der Waals surface area contributed by atoms with Gasteiger partial charge in [0.25, 0.3) is 0 Å². The van der Waals surface area contributed by atoms with Crippen molar-refractivity contribution in [1.82, 2.24) is 5.32 Å². The van der Waals surface area contributed by atoms with Crippen molar-refractivity contribution >= 4 is 0 Å². The Balaban J connectivity index is 3.57. The quantitative estimate of drug-likeness (QED) is 0.626. The van der Waals surface area contributed by atoms with Gasteiger partial charge in [-0.2, -0.15) is 0 Å². The molecule has 0 bridgehead atoms. The van der Waals surface area contributed by atoms with Crippen LogP contribution in [0.5, 0.6) is 0 Å². The molecular formula is C13H29N. The van der Waals surface area contributed by atoms with Gasteiger partial charge in [-0.15, -0.1) is 0 Å². The summed E-state index contributed by atoms with van der Waals surface area (Å²) in [6.45, 7) is 9.25. The summed E-state index contributed by atoms with van der Waals surface area (Å²) >= 11 is 0. The highest BCUT2D eigenvalue weighted by atomic mass is 14.9. The van der Waals surface area contributed by atoms with E-state index in [0.29, 0.717) is 0 Å². The average molecular weight is 199 g/mol. The summed E-state index contributed by atoms with van der Waals surface area (Å²) in [5.74, 6) is 1.72. The molecule has 14 heavy (non-hydrogen) atoms. The fraction of sp³-hybridized carbons (Fsp3) is 1.00. The van der Waals surface area contributed by atoms with Crippen molar-refractivity contribution in [2.45, 2.75) is 65.8 Å². The zero-order valence-electron chi connectivity index (χ0n) is 10.8. The first-order valence-electron chi connectivity index (χ1n) is 6.27. The lowest BCUT2D eigenvalue weighted by Crippen LogP contribution is -2.27. The van der Waals surface area contributed by atoms with Gasteiger partial charge in [0.15, 0.2) is 0 Å². The molecule has 0 saturated heterocycles. The fourth-order valence-corrected chi connectivity index (χ4v) is 1.80. The molecule has 0 aliphatic rings. The molecular weight excluding hydrogens is 170 g/mol. The minimum atomic E-state index is 0.740. The predicted molar refractivity (Wildman–Crippen MR) is 65.6 cm³/mol. The van der Waals surface area contributed by atoms with Crippen LogP contribution in [0.25, 0.3) is 0 Å². The Morgan fingerprint density at radius 1 is 1.07 bits per heavy atom. The van der Waals surface area contributed by atoms with Crippen molar-refractivity contribution in [2.24, 2.45) is 11.8 Å². The van der Waals surface area contributed by atoms with E-state index in [1.807, 2.05) is 0 Å². The number of hydrogen-bond acceptors (Lipinski definition) is 1. The van der Waals surface area contributed by atoms with E-state index in [-0.39, 0.29) is 0 Å². The second-order valence-electron chi connectivity index (χ2n) is 5.06. The Hall–Kier alpha value is -0.0400. The molecule has 86 valence electrons. The second-order valence-corrected chi connectivity index (χ2v) is 5.06. The van der Waals surface area contributed by atoms with Gasteiger partial charge in [-0.1, -0.05) is 47.0 Å². The average Bonchev–Trinajstić information content (AvgIpc) is 2.15. The number of hydrogen-bond donors (Lipinski definition) is 1. The first kappa shape index (κ1) is 14.0. The van der Waals surface area contributed by atoms with Gasteiger partial charge in [-0.3, -0.25) is 0 Å². The fourth-order valence-electron chi connectivity index (χ4n) is 1.80. The van der Waals surface area contributed by atoms with Crippen molar-refractivity contribution in [3.63, 3.8) is 0 Å². The molecule has 0 rings (SSSR count). The minimum absolute atomic E-state index is 0.740. The number of nitrogens with one attached hydrogen (secondary N) is 1. The van der Waals surface area contributed by atoms with Crippen molar-refractivity contribution < 1.29 is 0 Å². The van der Waals surface area contributed by atoms with E-state index in [4.69, 9.17) is 0 Å². The molecule has 0 aromatic carbocycles. The smallest absolute Gasteiger partial charge is 0.00666 e. The molecule has 2 atom stereocenters. The summed E-state index contributed by atoms with van der Waals surface area (Å²) in [6, 6.07) is 0.740. The summed E-state index contributed by atoms with van der Waals surface area (Å²) in [4.78, 5) is 0. The van der Waals surface area contributed by atoms with Crippen LogP contribution in [-0.2, 0) is 0 Å². The lowest BCUT2D eigenvalue weighted by Gasteiger charge is -2.20. The van der Waals surface area contributed by atoms with Gasteiger partial charge in [0, 0.05) is 6.04 Å². The van der Waals surface area contributed by atoms with Crippen molar-refractivity contribution in [3.05, 3.63) is 0 Å². The maximum absolute atomic E-state index is 3.44. The predicted octanol–water partition coefficient (Wildman–Crippen LogP) is 3.84. The van der Waals surface area contributed by atoms with Crippen LogP contribution in [0.3, 0.4) is 0 Å². The van der Waals surface area contributed by atoms with Crippen LogP contribution in [0.15, 0.2) is 0 Å². The van der Waals surface area contributed by atoms with Gasteiger partial charge in [0.2, 0.25) is 0 Å². The largest absolute Gasteiger partial charge is 0.317 e. The van der Waals surface area contributed by atoms with Crippen molar-refractivity contribution in [2.75, 3.05) is 7.05 Å². The van der Waals surface area contributed by atoms with Gasteiger partial charge in [0.1, 0.15) is 0 Å². The standard InChI is InChI=1S/C13H29N/c1-6-12(4)10-13(14-5)9-7-8-11(2)3/h11-14H,6-10H2,1-5H3. The summed E-state index contributed by atoms with van der Waals surface area (Å²) in [7, 11) is 2.10. The van der Waals surface area contributed by atoms with Crippen molar-refractivity contribution in [3.8, 4) is 0 Å². The van der Waals surface area contributed by atoms with E-state index < -0.39 is 0 Å². The van der Waals surface area contributed by atoms with E-state index in [1.54, 1.807) is 0 Å². The minimum Gasteiger partial charge on any atom is -0.317 e. The first-order chi connectivity index (χ1) is 6.60. The Morgan fingerprint density at radius 3 is 2.14 bits per heavy atom. The molecule has 0 radical (unpaired) electrons. The highest BCUT2D eigenvalue weighted by molar-refractivity contribution is 4.68. The molecule has 1 heteroatoms. The van der Waals surface area contributed by atoms with Gasteiger partial charge in [0.05, 0.1) is 0 Å². The molecule has 0 saturated carbocycles. The van der Waals surface area contributed by atoms with Crippen LogP contribution in [0.4, 0.5) is 0 Å². The number of rotatable bonds is 8. The van der Waals surface area contributed by atoms with Crippen LogP contribution < -0.4 is 5.32 Å². The Bertz CT molecular complexity index is 120. The molecule has 0 aliphatic heterocycles. The van der Waals surface area contributed by atoms with Crippen molar-refractivity contribution in [1.29, 1.82) is 0 Å². The summed E-state index contributed by atoms with van der Waals surface area (Å²) in [6.07, 6.45) is 6.74. The topological polar surface area (TPSA) is 12.0 Å². The third-order valence-corrected chi connectivity index (χ3v) is 3.13. The Kier molecular flexibility index (Phi) is 8.26. The van der Waals surface area contributed by atoms with Crippen LogP contribution in [0.2, 0.25) is 0 Å². The third kappa shape index (κ3) is 7.37. The molecule has 0 aromatic rings. The monoisotopic (exact) mass is 199 g/mol. The highest BCUT2D eigenvalue weighted by Gasteiger charge is 2.09. The van der Waals surface area contributed by atoms with Gasteiger partial charge in [-0.05, 0) is 31.7 Å². The molecule has 1 N–H and O–H groups in total. The maximum atomic E-state index is 3.44. The van der Waals surface area contributed by atoms with E-state index in [1.165, 1.54) is 32.1 Å². The molecule has 2 unspecified atom stereocenters. The summed E-state index contributed by atoms with van der Waals surface area (Å²) in [5.41, 5.74) is 0. The molecule has 0 amide bonds. The normalized spacial score (nSPS) is 15.9. The van der Waals surface area contributed by atoms with Gasteiger partial charge >= 0.3 is 0 Å². The van der Waals surface area contributed by atoms with E-state index in [2.05, 4.69) is 40.1 Å². The molecule has 1 nitrogen and oxygen atoms in total. The lowest BCUT2D eigenvalue weighted by molar-refractivity contribution is 0.376. The Morgan fingerprint density at radius 2 is 1.71 bits per heavy atom. The molecule has 0 heterocycles. The second kappa shape index (κ2) is 8.28. The molecule has 0 aromatic heterocycles. The first-order valence-corrected chi connectivity index (χ1v) is 6.27. The maximum Gasteiger partial charge on any atom is 0.00666 e. The van der Waals surface area contributed by atoms with Gasteiger partial charge in [-0.25, -0.2) is 0 Å². The van der Waals surface area contributed by atoms with Gasteiger partial charge < -0.3 is 5.32 Å². The van der Waals surface area contributed by atoms with Crippen LogP contribution in [-0.4, -0.2) is 13.1 Å². The highest BCUT2D eigenvalue weighted by Crippen LogP contribution is 2.15. The zero-order chi connectivity index (χ0) is 11.0.